The van der Waals surface area contributed by atoms with Gasteiger partial charge in [0.15, 0.2) is 0 Å². The molecule has 0 aliphatic carbocycles. The van der Waals surface area contributed by atoms with Crippen molar-refractivity contribution in [2.24, 2.45) is 0 Å². The highest BCUT2D eigenvalue weighted by Gasteiger charge is 2.27. The van der Waals surface area contributed by atoms with Gasteiger partial charge in [0.05, 0.1) is 17.1 Å². The fourth-order valence-electron chi connectivity index (χ4n) is 2.40. The zero-order chi connectivity index (χ0) is 15.6. The molecule has 1 aromatic heterocycles. The maximum atomic E-state index is 12.2. The summed E-state index contributed by atoms with van der Waals surface area (Å²) < 4.78 is 6.85. The Bertz CT molecular complexity index is 536. The fourth-order valence-corrected chi connectivity index (χ4v) is 2.40. The van der Waals surface area contributed by atoms with E-state index in [1.165, 1.54) is 10.9 Å². The van der Waals surface area contributed by atoms with Crippen molar-refractivity contribution in [2.45, 2.75) is 51.8 Å². The van der Waals surface area contributed by atoms with Crippen LogP contribution in [0.1, 0.15) is 38.4 Å². The number of hydrogen-bond donors (Lipinski definition) is 1. The van der Waals surface area contributed by atoms with E-state index in [-0.39, 0.29) is 23.7 Å². The molecule has 0 bridgehead atoms. The summed E-state index contributed by atoms with van der Waals surface area (Å²) in [6.45, 7) is 5.84. The molecule has 1 saturated heterocycles. The van der Waals surface area contributed by atoms with Crippen LogP contribution in [0.5, 0.6) is 0 Å². The molecule has 21 heavy (non-hydrogen) atoms. The molecule has 0 spiro atoms. The number of ether oxygens (including phenoxy) is 1. The molecule has 0 aromatic carbocycles. The number of aryl methyl sites for hydroxylation is 1. The summed E-state index contributed by atoms with van der Waals surface area (Å²) in [5.74, 6) is -0.226. The van der Waals surface area contributed by atoms with Gasteiger partial charge in [-0.1, -0.05) is 0 Å². The van der Waals surface area contributed by atoms with Gasteiger partial charge in [-0.3, -0.25) is 19.6 Å². The van der Waals surface area contributed by atoms with Crippen molar-refractivity contribution in [3.05, 3.63) is 22.0 Å². The molecule has 1 aromatic rings. The number of amides is 1. The lowest BCUT2D eigenvalue weighted by Crippen LogP contribution is -2.43. The highest BCUT2D eigenvalue weighted by molar-refractivity contribution is 5.80. The Kier molecular flexibility index (Phi) is 4.56. The first-order chi connectivity index (χ1) is 9.90. The minimum absolute atomic E-state index is 0.0369. The number of carbonyl (C=O) groups is 1. The van der Waals surface area contributed by atoms with E-state index >= 15 is 0 Å². The minimum atomic E-state index is -0.610. The number of nitrogens with one attached hydrogen (secondary N) is 1. The van der Waals surface area contributed by atoms with Crippen LogP contribution in [0.4, 0.5) is 5.69 Å². The van der Waals surface area contributed by atoms with Gasteiger partial charge in [0.25, 0.3) is 0 Å². The lowest BCUT2D eigenvalue weighted by molar-refractivity contribution is -0.385. The van der Waals surface area contributed by atoms with Crippen LogP contribution in [-0.4, -0.2) is 39.4 Å². The van der Waals surface area contributed by atoms with Gasteiger partial charge in [-0.25, -0.2) is 0 Å². The molecule has 8 nitrogen and oxygen atoms in total. The van der Waals surface area contributed by atoms with Gasteiger partial charge in [0, 0.05) is 6.61 Å². The van der Waals surface area contributed by atoms with Crippen LogP contribution in [0.25, 0.3) is 0 Å². The SMILES string of the molecule is Cc1nn([C@H](C)C(=O)N[C@H](C)[C@@H]2CCCO2)cc1[N+](=O)[O-]. The molecule has 0 saturated carbocycles. The number of hydrogen-bond acceptors (Lipinski definition) is 5. The molecule has 116 valence electrons. The van der Waals surface area contributed by atoms with E-state index in [2.05, 4.69) is 10.4 Å². The topological polar surface area (TPSA) is 99.3 Å². The van der Waals surface area contributed by atoms with Gasteiger partial charge in [-0.05, 0) is 33.6 Å². The third-order valence-corrected chi connectivity index (χ3v) is 3.76. The molecule has 8 heteroatoms. The van der Waals surface area contributed by atoms with Gasteiger partial charge in [-0.15, -0.1) is 0 Å². The standard InChI is InChI=1S/C13H20N4O4/c1-8-11(17(19)20)7-16(15-8)10(3)13(18)14-9(2)12-5-4-6-21-12/h7,9-10,12H,4-6H2,1-3H3,(H,14,18)/t9-,10-,12+/m1/s1. The Labute approximate surface area is 122 Å². The molecule has 0 radical (unpaired) electrons. The zero-order valence-electron chi connectivity index (χ0n) is 12.4. The van der Waals surface area contributed by atoms with Crippen LogP contribution in [0.2, 0.25) is 0 Å². The summed E-state index contributed by atoms with van der Waals surface area (Å²) in [5.41, 5.74) is 0.216. The van der Waals surface area contributed by atoms with E-state index in [1.807, 2.05) is 6.92 Å². The van der Waals surface area contributed by atoms with Gasteiger partial charge in [0.1, 0.15) is 17.9 Å². The van der Waals surface area contributed by atoms with Gasteiger partial charge < -0.3 is 10.1 Å². The van der Waals surface area contributed by atoms with E-state index in [0.29, 0.717) is 5.69 Å². The molecule has 0 unspecified atom stereocenters. The maximum Gasteiger partial charge on any atom is 0.309 e. The van der Waals surface area contributed by atoms with Gasteiger partial charge in [-0.2, -0.15) is 5.10 Å². The molecular weight excluding hydrogens is 276 g/mol. The largest absolute Gasteiger partial charge is 0.376 e. The van der Waals surface area contributed by atoms with E-state index in [1.54, 1.807) is 13.8 Å². The number of rotatable bonds is 5. The zero-order valence-corrected chi connectivity index (χ0v) is 12.4. The molecular formula is C13H20N4O4. The van der Waals surface area contributed by atoms with Crippen molar-refractivity contribution in [2.75, 3.05) is 6.61 Å². The molecule has 1 amide bonds. The van der Waals surface area contributed by atoms with Crippen molar-refractivity contribution in [3.63, 3.8) is 0 Å². The summed E-state index contributed by atoms with van der Waals surface area (Å²) >= 11 is 0. The van der Waals surface area contributed by atoms with Crippen LogP contribution in [0, 0.1) is 17.0 Å². The predicted octanol–water partition coefficient (Wildman–Crippen LogP) is 1.34. The average Bonchev–Trinajstić information content (AvgIpc) is 3.06. The normalized spacial score (nSPS) is 21.0. The molecule has 1 aliphatic heterocycles. The molecule has 3 atom stereocenters. The van der Waals surface area contributed by atoms with Gasteiger partial charge >= 0.3 is 5.69 Å². The molecule has 2 rings (SSSR count). The Morgan fingerprint density at radius 1 is 1.62 bits per heavy atom. The summed E-state index contributed by atoms with van der Waals surface area (Å²) in [7, 11) is 0. The smallest absolute Gasteiger partial charge is 0.309 e. The molecule has 2 heterocycles. The monoisotopic (exact) mass is 296 g/mol. The highest BCUT2D eigenvalue weighted by atomic mass is 16.6. The number of nitro groups is 1. The first kappa shape index (κ1) is 15.4. The predicted molar refractivity (Wildman–Crippen MR) is 74.9 cm³/mol. The van der Waals surface area contributed by atoms with E-state index in [0.717, 1.165) is 19.4 Å². The first-order valence-corrected chi connectivity index (χ1v) is 7.02. The second-order valence-electron chi connectivity index (χ2n) is 5.36. The summed E-state index contributed by atoms with van der Waals surface area (Å²) in [6.07, 6.45) is 3.26. The number of aromatic nitrogens is 2. The Balaban J connectivity index is 2.01. The summed E-state index contributed by atoms with van der Waals surface area (Å²) in [6, 6.07) is -0.699. The van der Waals surface area contributed by atoms with Crippen LogP contribution in [-0.2, 0) is 9.53 Å². The van der Waals surface area contributed by atoms with Gasteiger partial charge in [0.2, 0.25) is 5.91 Å². The van der Waals surface area contributed by atoms with Crippen LogP contribution >= 0.6 is 0 Å². The molecule has 1 aliphatic rings. The third kappa shape index (κ3) is 3.38. The Hall–Kier alpha value is -1.96. The second-order valence-corrected chi connectivity index (χ2v) is 5.36. The molecule has 1 N–H and O–H groups in total. The molecule has 1 fully saturated rings. The van der Waals surface area contributed by atoms with Crippen molar-refractivity contribution in [3.8, 4) is 0 Å². The van der Waals surface area contributed by atoms with Crippen molar-refractivity contribution in [1.29, 1.82) is 0 Å². The van der Waals surface area contributed by atoms with Crippen molar-refractivity contribution in [1.82, 2.24) is 15.1 Å². The lowest BCUT2D eigenvalue weighted by Gasteiger charge is -2.22. The summed E-state index contributed by atoms with van der Waals surface area (Å²) in [4.78, 5) is 22.5. The van der Waals surface area contributed by atoms with Crippen molar-refractivity contribution < 1.29 is 14.5 Å². The Morgan fingerprint density at radius 2 is 2.33 bits per heavy atom. The quantitative estimate of drug-likeness (QED) is 0.653. The minimum Gasteiger partial charge on any atom is -0.376 e. The first-order valence-electron chi connectivity index (χ1n) is 7.02. The lowest BCUT2D eigenvalue weighted by atomic mass is 10.1. The number of nitrogens with zero attached hydrogens (tertiary/aromatic N) is 3. The average molecular weight is 296 g/mol. The second kappa shape index (κ2) is 6.21. The van der Waals surface area contributed by atoms with E-state index < -0.39 is 11.0 Å². The van der Waals surface area contributed by atoms with Crippen molar-refractivity contribution >= 4 is 11.6 Å². The highest BCUT2D eigenvalue weighted by Crippen LogP contribution is 2.19. The van der Waals surface area contributed by atoms with Crippen LogP contribution in [0.15, 0.2) is 6.20 Å². The Morgan fingerprint density at radius 3 is 2.86 bits per heavy atom. The maximum absolute atomic E-state index is 12.2. The third-order valence-electron chi connectivity index (χ3n) is 3.76. The fraction of sp³-hybridized carbons (Fsp3) is 0.692. The van der Waals surface area contributed by atoms with E-state index in [4.69, 9.17) is 4.74 Å². The van der Waals surface area contributed by atoms with Crippen LogP contribution < -0.4 is 5.32 Å². The number of carbonyl (C=O) groups excluding carboxylic acids is 1. The van der Waals surface area contributed by atoms with E-state index in [9.17, 15) is 14.9 Å². The van der Waals surface area contributed by atoms with Crippen LogP contribution in [0.3, 0.4) is 0 Å². The summed E-state index contributed by atoms with van der Waals surface area (Å²) in [5, 5.41) is 17.7.